The third-order valence-electron chi connectivity index (χ3n) is 3.43. The zero-order chi connectivity index (χ0) is 15.7. The number of aliphatic hydroxyl groups is 1. The number of hydrogen-bond donors (Lipinski definition) is 1. The van der Waals surface area contributed by atoms with Crippen molar-refractivity contribution in [3.63, 3.8) is 0 Å². The SMILES string of the molecule is CC(C)N1CCCCC1.OCc1cccc(OC(F)F)c1. The molecule has 1 aromatic rings. The Morgan fingerprint density at radius 1 is 1.19 bits per heavy atom. The van der Waals surface area contributed by atoms with E-state index in [9.17, 15) is 8.78 Å². The molecule has 5 heteroatoms. The van der Waals surface area contributed by atoms with Gasteiger partial charge in [0.05, 0.1) is 6.61 Å². The monoisotopic (exact) mass is 301 g/mol. The third kappa shape index (κ3) is 7.39. The molecule has 0 radical (unpaired) electrons. The van der Waals surface area contributed by atoms with Crippen molar-refractivity contribution in [2.75, 3.05) is 13.1 Å². The number of piperidine rings is 1. The molecule has 0 unspecified atom stereocenters. The van der Waals surface area contributed by atoms with E-state index in [1.54, 1.807) is 12.1 Å². The quantitative estimate of drug-likeness (QED) is 0.921. The van der Waals surface area contributed by atoms with Gasteiger partial charge in [-0.1, -0.05) is 18.6 Å². The van der Waals surface area contributed by atoms with Crippen molar-refractivity contribution >= 4 is 0 Å². The molecule has 120 valence electrons. The van der Waals surface area contributed by atoms with Crippen LogP contribution in [0, 0.1) is 0 Å². The minimum absolute atomic E-state index is 0.0663. The highest BCUT2D eigenvalue weighted by atomic mass is 19.3. The Kier molecular flexibility index (Phi) is 8.23. The fraction of sp³-hybridized carbons (Fsp3) is 0.625. The molecule has 0 aromatic heterocycles. The molecule has 0 atom stereocenters. The summed E-state index contributed by atoms with van der Waals surface area (Å²) in [6.45, 7) is 4.23. The Labute approximate surface area is 125 Å². The Balaban J connectivity index is 0.000000219. The van der Waals surface area contributed by atoms with Crippen LogP contribution in [0.25, 0.3) is 0 Å². The second-order valence-electron chi connectivity index (χ2n) is 5.37. The average molecular weight is 301 g/mol. The largest absolute Gasteiger partial charge is 0.435 e. The van der Waals surface area contributed by atoms with Gasteiger partial charge < -0.3 is 14.7 Å². The molecule has 1 aromatic carbocycles. The lowest BCUT2D eigenvalue weighted by molar-refractivity contribution is -0.0499. The standard InChI is InChI=1S/C8H8F2O2.C8H17N/c9-8(10)12-7-3-1-2-6(4-7)5-11;1-8(2)9-6-4-3-5-7-9/h1-4,8,11H,5H2;8H,3-7H2,1-2H3. The first-order valence-electron chi connectivity index (χ1n) is 7.41. The van der Waals surface area contributed by atoms with E-state index in [0.29, 0.717) is 5.56 Å². The van der Waals surface area contributed by atoms with Crippen molar-refractivity contribution in [2.24, 2.45) is 0 Å². The number of alkyl halides is 2. The van der Waals surface area contributed by atoms with Crippen molar-refractivity contribution in [3.05, 3.63) is 29.8 Å². The molecule has 1 aliphatic rings. The van der Waals surface area contributed by atoms with Gasteiger partial charge in [0.25, 0.3) is 0 Å². The van der Waals surface area contributed by atoms with Crippen LogP contribution in [0.5, 0.6) is 5.75 Å². The predicted molar refractivity (Wildman–Crippen MR) is 79.6 cm³/mol. The molecule has 0 spiro atoms. The molecule has 3 nitrogen and oxygen atoms in total. The van der Waals surface area contributed by atoms with Crippen molar-refractivity contribution in [2.45, 2.75) is 52.4 Å². The van der Waals surface area contributed by atoms with Crippen molar-refractivity contribution in [3.8, 4) is 5.75 Å². The van der Waals surface area contributed by atoms with Crippen LogP contribution in [-0.4, -0.2) is 35.7 Å². The number of benzene rings is 1. The molecule has 0 saturated carbocycles. The summed E-state index contributed by atoms with van der Waals surface area (Å²) < 4.78 is 27.5. The van der Waals surface area contributed by atoms with E-state index in [2.05, 4.69) is 23.5 Å². The lowest BCUT2D eigenvalue weighted by atomic mass is 10.1. The molecule has 0 aliphatic carbocycles. The molecule has 1 aliphatic heterocycles. The van der Waals surface area contributed by atoms with Gasteiger partial charge in [0, 0.05) is 6.04 Å². The normalized spacial score (nSPS) is 15.8. The summed E-state index contributed by atoms with van der Waals surface area (Å²) in [5.74, 6) is 0.0663. The summed E-state index contributed by atoms with van der Waals surface area (Å²) in [7, 11) is 0. The zero-order valence-electron chi connectivity index (χ0n) is 12.8. The Bertz CT molecular complexity index is 394. The molecule has 0 amide bonds. The molecule has 1 saturated heterocycles. The van der Waals surface area contributed by atoms with Gasteiger partial charge in [-0.2, -0.15) is 8.78 Å². The van der Waals surface area contributed by atoms with E-state index in [0.717, 1.165) is 6.04 Å². The molecule has 0 bridgehead atoms. The lowest BCUT2D eigenvalue weighted by Gasteiger charge is -2.29. The highest BCUT2D eigenvalue weighted by Gasteiger charge is 2.11. The Morgan fingerprint density at radius 3 is 2.33 bits per heavy atom. The summed E-state index contributed by atoms with van der Waals surface area (Å²) in [6.07, 6.45) is 4.28. The van der Waals surface area contributed by atoms with Crippen molar-refractivity contribution in [1.29, 1.82) is 0 Å². The molecule has 1 fully saturated rings. The maximum atomic E-state index is 11.7. The molecule has 1 heterocycles. The van der Waals surface area contributed by atoms with E-state index in [1.807, 2.05) is 0 Å². The third-order valence-corrected chi connectivity index (χ3v) is 3.43. The van der Waals surface area contributed by atoms with Gasteiger partial charge in [0.2, 0.25) is 0 Å². The van der Waals surface area contributed by atoms with Crippen LogP contribution in [0.1, 0.15) is 38.7 Å². The number of halogens is 2. The van der Waals surface area contributed by atoms with Gasteiger partial charge in [-0.15, -0.1) is 0 Å². The van der Waals surface area contributed by atoms with Crippen molar-refractivity contribution < 1.29 is 18.6 Å². The van der Waals surface area contributed by atoms with Gasteiger partial charge in [-0.3, -0.25) is 0 Å². The van der Waals surface area contributed by atoms with E-state index in [-0.39, 0.29) is 12.4 Å². The predicted octanol–water partition coefficient (Wildman–Crippen LogP) is 3.66. The van der Waals surface area contributed by atoms with Gasteiger partial charge in [0.1, 0.15) is 5.75 Å². The lowest BCUT2D eigenvalue weighted by Crippen LogP contribution is -2.35. The number of aliphatic hydroxyl groups excluding tert-OH is 1. The van der Waals surface area contributed by atoms with Crippen LogP contribution in [0.2, 0.25) is 0 Å². The van der Waals surface area contributed by atoms with Crippen LogP contribution in [-0.2, 0) is 6.61 Å². The van der Waals surface area contributed by atoms with Crippen LogP contribution < -0.4 is 4.74 Å². The maximum absolute atomic E-state index is 11.7. The molecular weight excluding hydrogens is 276 g/mol. The van der Waals surface area contributed by atoms with Crippen LogP contribution in [0.4, 0.5) is 8.78 Å². The van der Waals surface area contributed by atoms with Gasteiger partial charge in [0.15, 0.2) is 0 Å². The highest BCUT2D eigenvalue weighted by molar-refractivity contribution is 5.27. The number of nitrogens with zero attached hydrogens (tertiary/aromatic N) is 1. The summed E-state index contributed by atoms with van der Waals surface area (Å²) in [5, 5.41) is 8.65. The zero-order valence-corrected chi connectivity index (χ0v) is 12.8. The fourth-order valence-corrected chi connectivity index (χ4v) is 2.25. The minimum Gasteiger partial charge on any atom is -0.435 e. The first-order chi connectivity index (χ1) is 10.0. The Hall–Kier alpha value is -1.20. The topological polar surface area (TPSA) is 32.7 Å². The number of hydrogen-bond acceptors (Lipinski definition) is 3. The molecular formula is C16H25F2NO2. The van der Waals surface area contributed by atoms with E-state index in [4.69, 9.17) is 5.11 Å². The van der Waals surface area contributed by atoms with E-state index >= 15 is 0 Å². The fourth-order valence-electron chi connectivity index (χ4n) is 2.25. The number of likely N-dealkylation sites (tertiary alicyclic amines) is 1. The smallest absolute Gasteiger partial charge is 0.387 e. The second-order valence-corrected chi connectivity index (χ2v) is 5.37. The number of ether oxygens (including phenoxy) is 1. The van der Waals surface area contributed by atoms with Crippen LogP contribution in [0.15, 0.2) is 24.3 Å². The van der Waals surface area contributed by atoms with E-state index < -0.39 is 6.61 Å². The van der Waals surface area contributed by atoms with Gasteiger partial charge in [-0.05, 0) is 57.5 Å². The van der Waals surface area contributed by atoms with E-state index in [1.165, 1.54) is 44.5 Å². The number of rotatable bonds is 4. The highest BCUT2D eigenvalue weighted by Crippen LogP contribution is 2.15. The first-order valence-corrected chi connectivity index (χ1v) is 7.41. The van der Waals surface area contributed by atoms with Crippen molar-refractivity contribution in [1.82, 2.24) is 4.90 Å². The molecule has 1 N–H and O–H groups in total. The summed E-state index contributed by atoms with van der Waals surface area (Å²) in [5.41, 5.74) is 0.549. The first kappa shape index (κ1) is 17.9. The Morgan fingerprint density at radius 2 is 1.86 bits per heavy atom. The van der Waals surface area contributed by atoms with Crippen LogP contribution >= 0.6 is 0 Å². The summed E-state index contributed by atoms with van der Waals surface area (Å²) in [4.78, 5) is 2.56. The second kappa shape index (κ2) is 9.68. The van der Waals surface area contributed by atoms with Crippen LogP contribution in [0.3, 0.4) is 0 Å². The minimum atomic E-state index is -2.82. The molecule has 21 heavy (non-hydrogen) atoms. The average Bonchev–Trinajstić information content (AvgIpc) is 2.48. The van der Waals surface area contributed by atoms with Gasteiger partial charge in [-0.25, -0.2) is 0 Å². The molecule has 2 rings (SSSR count). The maximum Gasteiger partial charge on any atom is 0.387 e. The van der Waals surface area contributed by atoms with Gasteiger partial charge >= 0.3 is 6.61 Å². The summed E-state index contributed by atoms with van der Waals surface area (Å²) in [6, 6.07) is 6.71. The summed E-state index contributed by atoms with van der Waals surface area (Å²) >= 11 is 0.